The van der Waals surface area contributed by atoms with E-state index in [4.69, 9.17) is 4.74 Å². The SMILES string of the molecule is COc1ccccc1N1CCN([C@H](C)C(=O)NC(=O)NC(C)(C)C)CC1. The van der Waals surface area contributed by atoms with Crippen LogP contribution in [0.5, 0.6) is 5.75 Å². The number of para-hydroxylation sites is 2. The van der Waals surface area contributed by atoms with Crippen molar-refractivity contribution in [2.24, 2.45) is 0 Å². The number of carbonyl (C=O) groups is 2. The zero-order valence-electron chi connectivity index (χ0n) is 16.3. The highest BCUT2D eigenvalue weighted by Gasteiger charge is 2.28. The first kappa shape index (κ1) is 20.0. The number of urea groups is 1. The predicted molar refractivity (Wildman–Crippen MR) is 103 cm³/mol. The molecule has 1 atom stereocenters. The zero-order valence-corrected chi connectivity index (χ0v) is 16.3. The fraction of sp³-hybridized carbons (Fsp3) is 0.579. The molecule has 1 aliphatic rings. The molecule has 0 radical (unpaired) electrons. The minimum absolute atomic E-state index is 0.280. The molecule has 0 unspecified atom stereocenters. The van der Waals surface area contributed by atoms with E-state index >= 15 is 0 Å². The van der Waals surface area contributed by atoms with E-state index in [1.54, 1.807) is 7.11 Å². The van der Waals surface area contributed by atoms with E-state index in [1.807, 2.05) is 52.0 Å². The highest BCUT2D eigenvalue weighted by Crippen LogP contribution is 2.28. The molecule has 0 bridgehead atoms. The van der Waals surface area contributed by atoms with Gasteiger partial charge in [-0.05, 0) is 39.8 Å². The first-order valence-corrected chi connectivity index (χ1v) is 8.96. The van der Waals surface area contributed by atoms with Gasteiger partial charge in [0.25, 0.3) is 0 Å². The Morgan fingerprint density at radius 3 is 2.31 bits per heavy atom. The molecule has 2 rings (SSSR count). The lowest BCUT2D eigenvalue weighted by molar-refractivity contribution is -0.124. The minimum atomic E-state index is -0.456. The van der Waals surface area contributed by atoms with Gasteiger partial charge in [0.1, 0.15) is 5.75 Å². The fourth-order valence-corrected chi connectivity index (χ4v) is 3.00. The van der Waals surface area contributed by atoms with Crippen LogP contribution in [0.3, 0.4) is 0 Å². The highest BCUT2D eigenvalue weighted by molar-refractivity contribution is 5.97. The molecule has 1 aromatic carbocycles. The summed E-state index contributed by atoms with van der Waals surface area (Å²) in [4.78, 5) is 28.6. The summed E-state index contributed by atoms with van der Waals surface area (Å²) in [7, 11) is 1.67. The Labute approximate surface area is 155 Å². The van der Waals surface area contributed by atoms with E-state index in [1.165, 1.54) is 0 Å². The predicted octanol–water partition coefficient (Wildman–Crippen LogP) is 1.83. The molecule has 1 aliphatic heterocycles. The van der Waals surface area contributed by atoms with Crippen molar-refractivity contribution >= 4 is 17.6 Å². The topological polar surface area (TPSA) is 73.9 Å². The van der Waals surface area contributed by atoms with Gasteiger partial charge in [0.2, 0.25) is 5.91 Å². The maximum Gasteiger partial charge on any atom is 0.321 e. The largest absolute Gasteiger partial charge is 0.495 e. The van der Waals surface area contributed by atoms with Crippen LogP contribution in [0, 0.1) is 0 Å². The lowest BCUT2D eigenvalue weighted by Crippen LogP contribution is -2.56. The maximum atomic E-state index is 12.3. The van der Waals surface area contributed by atoms with Crippen molar-refractivity contribution < 1.29 is 14.3 Å². The lowest BCUT2D eigenvalue weighted by Gasteiger charge is -2.38. The van der Waals surface area contributed by atoms with Crippen LogP contribution < -0.4 is 20.3 Å². The van der Waals surface area contributed by atoms with Gasteiger partial charge in [0, 0.05) is 31.7 Å². The molecule has 0 aliphatic carbocycles. The van der Waals surface area contributed by atoms with Crippen molar-refractivity contribution in [3.63, 3.8) is 0 Å². The Bertz CT molecular complexity index is 634. The monoisotopic (exact) mass is 362 g/mol. The molecule has 2 N–H and O–H groups in total. The molecule has 7 nitrogen and oxygen atoms in total. The second-order valence-corrected chi connectivity index (χ2v) is 7.56. The molecule has 0 aromatic heterocycles. The molecular weight excluding hydrogens is 332 g/mol. The normalized spacial score (nSPS) is 16.7. The van der Waals surface area contributed by atoms with E-state index in [9.17, 15) is 9.59 Å². The summed E-state index contributed by atoms with van der Waals surface area (Å²) in [5.74, 6) is 0.572. The Morgan fingerprint density at radius 2 is 1.73 bits per heavy atom. The van der Waals surface area contributed by atoms with Crippen molar-refractivity contribution in [1.82, 2.24) is 15.5 Å². The number of nitrogens with one attached hydrogen (secondary N) is 2. The number of hydrogen-bond donors (Lipinski definition) is 2. The van der Waals surface area contributed by atoms with E-state index in [-0.39, 0.29) is 17.5 Å². The molecular formula is C19H30N4O3. The van der Waals surface area contributed by atoms with Gasteiger partial charge >= 0.3 is 6.03 Å². The van der Waals surface area contributed by atoms with E-state index in [0.717, 1.165) is 37.6 Å². The second kappa shape index (κ2) is 8.40. The first-order chi connectivity index (χ1) is 12.2. The van der Waals surface area contributed by atoms with Gasteiger partial charge in [0.05, 0.1) is 18.8 Å². The number of piperazine rings is 1. The van der Waals surface area contributed by atoms with Gasteiger partial charge in [-0.25, -0.2) is 4.79 Å². The van der Waals surface area contributed by atoms with Gasteiger partial charge in [-0.15, -0.1) is 0 Å². The van der Waals surface area contributed by atoms with Crippen molar-refractivity contribution in [2.75, 3.05) is 38.2 Å². The average molecular weight is 362 g/mol. The summed E-state index contributed by atoms with van der Waals surface area (Å²) in [6.07, 6.45) is 0. The van der Waals surface area contributed by atoms with E-state index in [2.05, 4.69) is 20.4 Å². The molecule has 1 heterocycles. The van der Waals surface area contributed by atoms with E-state index in [0.29, 0.717) is 0 Å². The zero-order chi connectivity index (χ0) is 19.3. The number of methoxy groups -OCH3 is 1. The molecule has 1 saturated heterocycles. The number of hydrogen-bond acceptors (Lipinski definition) is 5. The van der Waals surface area contributed by atoms with Crippen LogP contribution in [0.25, 0.3) is 0 Å². The molecule has 1 fully saturated rings. The van der Waals surface area contributed by atoms with Crippen molar-refractivity contribution in [1.29, 1.82) is 0 Å². The molecule has 7 heteroatoms. The van der Waals surface area contributed by atoms with Crippen molar-refractivity contribution in [2.45, 2.75) is 39.3 Å². The molecule has 0 spiro atoms. The van der Waals surface area contributed by atoms with Gasteiger partial charge in [-0.3, -0.25) is 15.0 Å². The third-order valence-electron chi connectivity index (χ3n) is 4.39. The summed E-state index contributed by atoms with van der Waals surface area (Å²) in [6.45, 7) is 10.5. The quantitative estimate of drug-likeness (QED) is 0.855. The number of anilines is 1. The van der Waals surface area contributed by atoms with Crippen LogP contribution in [0.4, 0.5) is 10.5 Å². The summed E-state index contributed by atoms with van der Waals surface area (Å²) in [6, 6.07) is 7.12. The van der Waals surface area contributed by atoms with Crippen molar-refractivity contribution in [3.8, 4) is 5.75 Å². The molecule has 144 valence electrons. The number of ether oxygens (including phenoxy) is 1. The van der Waals surface area contributed by atoms with Gasteiger partial charge < -0.3 is 15.0 Å². The number of carbonyl (C=O) groups excluding carboxylic acids is 2. The van der Waals surface area contributed by atoms with Gasteiger partial charge in [-0.2, -0.15) is 0 Å². The Hall–Kier alpha value is -2.28. The van der Waals surface area contributed by atoms with Crippen LogP contribution >= 0.6 is 0 Å². The Balaban J connectivity index is 1.88. The number of benzene rings is 1. The molecule has 26 heavy (non-hydrogen) atoms. The summed E-state index contributed by atoms with van der Waals surface area (Å²) < 4.78 is 5.43. The van der Waals surface area contributed by atoms with Gasteiger partial charge in [0.15, 0.2) is 0 Å². The number of imide groups is 1. The van der Waals surface area contributed by atoms with Crippen molar-refractivity contribution in [3.05, 3.63) is 24.3 Å². The number of nitrogens with zero attached hydrogens (tertiary/aromatic N) is 2. The summed E-state index contributed by atoms with van der Waals surface area (Å²) >= 11 is 0. The second-order valence-electron chi connectivity index (χ2n) is 7.56. The van der Waals surface area contributed by atoms with Crippen LogP contribution in [-0.2, 0) is 4.79 Å². The van der Waals surface area contributed by atoms with Crippen LogP contribution in [0.2, 0.25) is 0 Å². The smallest absolute Gasteiger partial charge is 0.321 e. The Morgan fingerprint density at radius 1 is 1.12 bits per heavy atom. The maximum absolute atomic E-state index is 12.3. The molecule has 0 saturated carbocycles. The first-order valence-electron chi connectivity index (χ1n) is 8.96. The standard InChI is InChI=1S/C19H30N4O3/c1-14(17(24)20-18(25)21-19(2,3)4)22-10-12-23(13-11-22)15-8-6-7-9-16(15)26-5/h6-9,14H,10-13H2,1-5H3,(H2,20,21,24,25)/t14-/m1/s1. The fourth-order valence-electron chi connectivity index (χ4n) is 3.00. The summed E-state index contributed by atoms with van der Waals surface area (Å²) in [5.41, 5.74) is 0.685. The minimum Gasteiger partial charge on any atom is -0.495 e. The lowest BCUT2D eigenvalue weighted by atomic mass is 10.1. The van der Waals surface area contributed by atoms with Crippen LogP contribution in [0.1, 0.15) is 27.7 Å². The molecule has 3 amide bonds. The van der Waals surface area contributed by atoms with Gasteiger partial charge in [-0.1, -0.05) is 12.1 Å². The van der Waals surface area contributed by atoms with Crippen LogP contribution in [0.15, 0.2) is 24.3 Å². The third-order valence-corrected chi connectivity index (χ3v) is 4.39. The number of rotatable bonds is 4. The Kier molecular flexibility index (Phi) is 6.47. The third kappa shape index (κ3) is 5.36. The highest BCUT2D eigenvalue weighted by atomic mass is 16.5. The van der Waals surface area contributed by atoms with E-state index < -0.39 is 6.03 Å². The average Bonchev–Trinajstić information content (AvgIpc) is 2.59. The molecule has 1 aromatic rings. The van der Waals surface area contributed by atoms with Crippen LogP contribution in [-0.4, -0.2) is 61.7 Å². The summed E-state index contributed by atoms with van der Waals surface area (Å²) in [5, 5.41) is 5.17. The number of amides is 3.